The molecule has 0 aliphatic rings. The van der Waals surface area contributed by atoms with Crippen LogP contribution < -0.4 is 4.74 Å². The molecule has 1 aromatic rings. The van der Waals surface area contributed by atoms with Crippen molar-refractivity contribution in [2.75, 3.05) is 47.3 Å². The predicted molar refractivity (Wildman–Crippen MR) is 76.1 cm³/mol. The maximum Gasteiger partial charge on any atom is 0.124 e. The van der Waals surface area contributed by atoms with Gasteiger partial charge >= 0.3 is 0 Å². The van der Waals surface area contributed by atoms with E-state index in [1.165, 1.54) is 0 Å². The van der Waals surface area contributed by atoms with Crippen molar-refractivity contribution in [1.82, 2.24) is 0 Å². The standard InChI is InChI=1S/C15H24O5/c1-17-10-11-19-8-5-9-20-12-14(16)13-6-3-4-7-15(13)18-2/h3-4,6-7,14,16H,5,8-12H2,1-2H3. The Balaban J connectivity index is 2.15. The Morgan fingerprint density at radius 3 is 2.50 bits per heavy atom. The van der Waals surface area contributed by atoms with E-state index in [9.17, 15) is 5.11 Å². The molecule has 0 spiro atoms. The molecule has 114 valence electrons. The van der Waals surface area contributed by atoms with Crippen LogP contribution in [0.3, 0.4) is 0 Å². The van der Waals surface area contributed by atoms with Gasteiger partial charge in [0.25, 0.3) is 0 Å². The third-order valence-corrected chi connectivity index (χ3v) is 2.78. The lowest BCUT2D eigenvalue weighted by Gasteiger charge is -2.14. The molecule has 1 rings (SSSR count). The Morgan fingerprint density at radius 1 is 1.00 bits per heavy atom. The van der Waals surface area contributed by atoms with Gasteiger partial charge in [-0.25, -0.2) is 0 Å². The average Bonchev–Trinajstić information content (AvgIpc) is 2.49. The average molecular weight is 284 g/mol. The Morgan fingerprint density at radius 2 is 1.75 bits per heavy atom. The molecule has 5 heteroatoms. The quantitative estimate of drug-likeness (QED) is 0.628. The molecular weight excluding hydrogens is 260 g/mol. The lowest BCUT2D eigenvalue weighted by atomic mass is 10.1. The lowest BCUT2D eigenvalue weighted by Crippen LogP contribution is -2.11. The number of methoxy groups -OCH3 is 2. The first kappa shape index (κ1) is 16.9. The zero-order chi connectivity index (χ0) is 14.6. The van der Waals surface area contributed by atoms with Crippen LogP contribution in [0.5, 0.6) is 5.75 Å². The van der Waals surface area contributed by atoms with Crippen molar-refractivity contribution in [3.63, 3.8) is 0 Å². The van der Waals surface area contributed by atoms with Gasteiger partial charge in [0.1, 0.15) is 11.9 Å². The SMILES string of the molecule is COCCOCCCOCC(O)c1ccccc1OC. The van der Waals surface area contributed by atoms with Crippen LogP contribution in [0.15, 0.2) is 24.3 Å². The number of benzene rings is 1. The molecule has 0 aliphatic heterocycles. The van der Waals surface area contributed by atoms with E-state index in [1.807, 2.05) is 24.3 Å². The second kappa shape index (κ2) is 10.6. The normalized spacial score (nSPS) is 12.3. The zero-order valence-corrected chi connectivity index (χ0v) is 12.2. The van der Waals surface area contributed by atoms with Gasteiger partial charge in [-0.05, 0) is 12.5 Å². The van der Waals surface area contributed by atoms with E-state index in [0.717, 1.165) is 12.0 Å². The van der Waals surface area contributed by atoms with Crippen molar-refractivity contribution in [1.29, 1.82) is 0 Å². The van der Waals surface area contributed by atoms with E-state index in [-0.39, 0.29) is 6.61 Å². The zero-order valence-electron chi connectivity index (χ0n) is 12.2. The number of hydrogen-bond acceptors (Lipinski definition) is 5. The highest BCUT2D eigenvalue weighted by Crippen LogP contribution is 2.24. The molecule has 0 bridgehead atoms. The number of para-hydroxylation sites is 1. The fraction of sp³-hybridized carbons (Fsp3) is 0.600. The van der Waals surface area contributed by atoms with Gasteiger partial charge < -0.3 is 24.1 Å². The molecular formula is C15H24O5. The molecule has 5 nitrogen and oxygen atoms in total. The number of hydrogen-bond donors (Lipinski definition) is 1. The highest BCUT2D eigenvalue weighted by molar-refractivity contribution is 5.34. The van der Waals surface area contributed by atoms with Crippen LogP contribution in [0.25, 0.3) is 0 Å². The van der Waals surface area contributed by atoms with Crippen LogP contribution in [-0.2, 0) is 14.2 Å². The first-order chi connectivity index (χ1) is 9.79. The number of aliphatic hydroxyl groups is 1. The van der Waals surface area contributed by atoms with Gasteiger partial charge in [-0.3, -0.25) is 0 Å². The Labute approximate surface area is 120 Å². The van der Waals surface area contributed by atoms with E-state index >= 15 is 0 Å². The minimum atomic E-state index is -0.680. The summed E-state index contributed by atoms with van der Waals surface area (Å²) in [6.45, 7) is 2.64. The maximum atomic E-state index is 10.1. The molecule has 0 saturated heterocycles. The number of rotatable bonds is 11. The van der Waals surface area contributed by atoms with E-state index < -0.39 is 6.10 Å². The number of ether oxygens (including phenoxy) is 4. The summed E-state index contributed by atoms with van der Waals surface area (Å²) in [7, 11) is 3.23. The fourth-order valence-corrected chi connectivity index (χ4v) is 1.73. The number of aliphatic hydroxyl groups excluding tert-OH is 1. The Kier molecular flexibility index (Phi) is 8.98. The van der Waals surface area contributed by atoms with E-state index in [4.69, 9.17) is 18.9 Å². The van der Waals surface area contributed by atoms with Crippen LogP contribution in [0, 0.1) is 0 Å². The molecule has 0 amide bonds. The second-order valence-electron chi connectivity index (χ2n) is 4.29. The largest absolute Gasteiger partial charge is 0.496 e. The molecule has 0 radical (unpaired) electrons. The van der Waals surface area contributed by atoms with Crippen LogP contribution >= 0.6 is 0 Å². The van der Waals surface area contributed by atoms with Gasteiger partial charge in [0.2, 0.25) is 0 Å². The molecule has 1 unspecified atom stereocenters. The van der Waals surface area contributed by atoms with Crippen molar-refractivity contribution in [2.45, 2.75) is 12.5 Å². The molecule has 0 saturated carbocycles. The maximum absolute atomic E-state index is 10.1. The smallest absolute Gasteiger partial charge is 0.124 e. The Bertz CT molecular complexity index is 356. The van der Waals surface area contributed by atoms with Crippen LogP contribution in [0.1, 0.15) is 18.1 Å². The monoisotopic (exact) mass is 284 g/mol. The van der Waals surface area contributed by atoms with Gasteiger partial charge in [-0.2, -0.15) is 0 Å². The molecule has 20 heavy (non-hydrogen) atoms. The summed E-state index contributed by atoms with van der Waals surface area (Å²) in [5.41, 5.74) is 0.742. The molecule has 0 aromatic heterocycles. The van der Waals surface area contributed by atoms with Gasteiger partial charge in [-0.1, -0.05) is 18.2 Å². The van der Waals surface area contributed by atoms with Crippen molar-refractivity contribution < 1.29 is 24.1 Å². The fourth-order valence-electron chi connectivity index (χ4n) is 1.73. The Hall–Kier alpha value is -1.14. The van der Waals surface area contributed by atoms with Crippen molar-refractivity contribution >= 4 is 0 Å². The first-order valence-electron chi connectivity index (χ1n) is 6.75. The van der Waals surface area contributed by atoms with Gasteiger partial charge in [-0.15, -0.1) is 0 Å². The summed E-state index contributed by atoms with van der Waals surface area (Å²) in [4.78, 5) is 0. The summed E-state index contributed by atoms with van der Waals surface area (Å²) in [6.07, 6.45) is 0.114. The molecule has 1 aromatic carbocycles. The minimum absolute atomic E-state index is 0.248. The second-order valence-corrected chi connectivity index (χ2v) is 4.29. The lowest BCUT2D eigenvalue weighted by molar-refractivity contribution is 0.0174. The molecule has 0 aliphatic carbocycles. The third kappa shape index (κ3) is 6.34. The van der Waals surface area contributed by atoms with E-state index in [0.29, 0.717) is 32.2 Å². The molecule has 1 N–H and O–H groups in total. The third-order valence-electron chi connectivity index (χ3n) is 2.78. The summed E-state index contributed by atoms with van der Waals surface area (Å²) < 4.78 is 20.8. The van der Waals surface area contributed by atoms with Crippen LogP contribution in [0.2, 0.25) is 0 Å². The van der Waals surface area contributed by atoms with E-state index in [2.05, 4.69) is 0 Å². The highest BCUT2D eigenvalue weighted by atomic mass is 16.5. The summed E-state index contributed by atoms with van der Waals surface area (Å²) in [5, 5.41) is 10.1. The minimum Gasteiger partial charge on any atom is -0.496 e. The summed E-state index contributed by atoms with van der Waals surface area (Å²) in [6, 6.07) is 7.39. The molecule has 0 fully saturated rings. The topological polar surface area (TPSA) is 57.2 Å². The highest BCUT2D eigenvalue weighted by Gasteiger charge is 2.12. The van der Waals surface area contributed by atoms with E-state index in [1.54, 1.807) is 14.2 Å². The van der Waals surface area contributed by atoms with Gasteiger partial charge in [0.15, 0.2) is 0 Å². The van der Waals surface area contributed by atoms with Gasteiger partial charge in [0.05, 0.1) is 26.9 Å². The van der Waals surface area contributed by atoms with Crippen LogP contribution in [0.4, 0.5) is 0 Å². The van der Waals surface area contributed by atoms with Crippen LogP contribution in [-0.4, -0.2) is 52.4 Å². The van der Waals surface area contributed by atoms with Crippen molar-refractivity contribution in [3.8, 4) is 5.75 Å². The summed E-state index contributed by atoms with van der Waals surface area (Å²) >= 11 is 0. The van der Waals surface area contributed by atoms with Gasteiger partial charge in [0, 0.05) is 25.9 Å². The predicted octanol–water partition coefficient (Wildman–Crippen LogP) is 1.80. The van der Waals surface area contributed by atoms with Crippen molar-refractivity contribution in [2.24, 2.45) is 0 Å². The summed E-state index contributed by atoms with van der Waals surface area (Å²) in [5.74, 6) is 0.673. The van der Waals surface area contributed by atoms with Crippen molar-refractivity contribution in [3.05, 3.63) is 29.8 Å². The molecule has 1 atom stereocenters. The molecule has 0 heterocycles. The first-order valence-corrected chi connectivity index (χ1v) is 6.75.